The standard InChI is InChI=1S/C27H31FN6O2/c1-17-14-31-25-23(18-7-8-22(30-15-18)36-12-6-11-33-9-4-3-5-10-33)19(28)13-20-24(25)26-21(16-29-20)32(2)27(35)34(17)26/h7-8,13,15-17,31H,3-6,9-12,14H2,1-2H3. The number of nitrogens with one attached hydrogen (secondary N) is 1. The van der Waals surface area contributed by atoms with Gasteiger partial charge in [-0.15, -0.1) is 0 Å². The molecule has 8 nitrogen and oxygen atoms in total. The Kier molecular flexibility index (Phi) is 5.87. The van der Waals surface area contributed by atoms with E-state index in [0.29, 0.717) is 41.4 Å². The Bertz CT molecular complexity index is 1490. The van der Waals surface area contributed by atoms with Gasteiger partial charge in [0.25, 0.3) is 0 Å². The SMILES string of the molecule is CC1CNc2c(-c3ccc(OCCCN4CCCCC4)nc3)c(F)cc3ncc4c(c23)n1c(=O)n4C. The molecule has 9 heteroatoms. The Morgan fingerprint density at radius 3 is 2.78 bits per heavy atom. The summed E-state index contributed by atoms with van der Waals surface area (Å²) in [6, 6.07) is 4.98. The van der Waals surface area contributed by atoms with Crippen LogP contribution < -0.4 is 15.7 Å². The Morgan fingerprint density at radius 2 is 2.00 bits per heavy atom. The van der Waals surface area contributed by atoms with Crippen molar-refractivity contribution in [2.24, 2.45) is 7.05 Å². The molecule has 1 atom stereocenters. The zero-order valence-corrected chi connectivity index (χ0v) is 20.8. The van der Waals surface area contributed by atoms with Crippen LogP contribution in [0.1, 0.15) is 38.6 Å². The second-order valence-electron chi connectivity index (χ2n) is 9.93. The van der Waals surface area contributed by atoms with Gasteiger partial charge in [-0.2, -0.15) is 0 Å². The van der Waals surface area contributed by atoms with E-state index in [1.807, 2.05) is 13.0 Å². The van der Waals surface area contributed by atoms with Crippen molar-refractivity contribution >= 4 is 27.6 Å². The van der Waals surface area contributed by atoms with Crippen LogP contribution in [0.5, 0.6) is 5.88 Å². The smallest absolute Gasteiger partial charge is 0.329 e. The Hall–Kier alpha value is -3.46. The number of aromatic nitrogens is 4. The third kappa shape index (κ3) is 3.82. The van der Waals surface area contributed by atoms with Crippen molar-refractivity contribution in [1.82, 2.24) is 24.0 Å². The van der Waals surface area contributed by atoms with Gasteiger partial charge < -0.3 is 15.0 Å². The lowest BCUT2D eigenvalue weighted by molar-refractivity contribution is 0.203. The van der Waals surface area contributed by atoms with E-state index in [0.717, 1.165) is 29.4 Å². The first kappa shape index (κ1) is 23.0. The summed E-state index contributed by atoms with van der Waals surface area (Å²) in [7, 11) is 1.75. The fourth-order valence-corrected chi connectivity index (χ4v) is 5.62. The highest BCUT2D eigenvalue weighted by atomic mass is 19.1. The van der Waals surface area contributed by atoms with Crippen molar-refractivity contribution < 1.29 is 9.13 Å². The van der Waals surface area contributed by atoms with E-state index < -0.39 is 0 Å². The molecule has 188 valence electrons. The molecular formula is C27H31FN6O2. The first-order valence-electron chi connectivity index (χ1n) is 12.8. The third-order valence-electron chi connectivity index (χ3n) is 7.52. The molecule has 1 fully saturated rings. The summed E-state index contributed by atoms with van der Waals surface area (Å²) in [5.41, 5.74) is 3.64. The summed E-state index contributed by atoms with van der Waals surface area (Å²) in [5, 5.41) is 4.16. The molecule has 0 aliphatic carbocycles. The van der Waals surface area contributed by atoms with Gasteiger partial charge in [0.1, 0.15) is 5.82 Å². The maximum atomic E-state index is 15.5. The molecule has 0 spiro atoms. The highest BCUT2D eigenvalue weighted by molar-refractivity contribution is 6.13. The molecule has 0 bridgehead atoms. The van der Waals surface area contributed by atoms with Gasteiger partial charge in [0.2, 0.25) is 5.88 Å². The van der Waals surface area contributed by atoms with Crippen LogP contribution in [0.3, 0.4) is 0 Å². The molecule has 4 aromatic rings. The van der Waals surface area contributed by atoms with Crippen LogP contribution in [0.4, 0.5) is 10.1 Å². The fraction of sp³-hybridized carbons (Fsp3) is 0.444. The minimum Gasteiger partial charge on any atom is -0.478 e. The monoisotopic (exact) mass is 490 g/mol. The van der Waals surface area contributed by atoms with E-state index in [2.05, 4.69) is 20.2 Å². The van der Waals surface area contributed by atoms with E-state index in [1.54, 1.807) is 34.6 Å². The van der Waals surface area contributed by atoms with Crippen molar-refractivity contribution in [1.29, 1.82) is 0 Å². The molecule has 5 heterocycles. The predicted octanol–water partition coefficient (Wildman–Crippen LogP) is 4.33. The number of piperidine rings is 1. The summed E-state index contributed by atoms with van der Waals surface area (Å²) in [6.07, 6.45) is 8.17. The predicted molar refractivity (Wildman–Crippen MR) is 139 cm³/mol. The van der Waals surface area contributed by atoms with Crippen LogP contribution in [0.2, 0.25) is 0 Å². The largest absolute Gasteiger partial charge is 0.478 e. The molecular weight excluding hydrogens is 459 g/mol. The third-order valence-corrected chi connectivity index (χ3v) is 7.52. The van der Waals surface area contributed by atoms with Gasteiger partial charge >= 0.3 is 5.69 Å². The summed E-state index contributed by atoms with van der Waals surface area (Å²) in [4.78, 5) is 24.4. The topological polar surface area (TPSA) is 77.2 Å². The molecule has 1 N–H and O–H groups in total. The zero-order valence-electron chi connectivity index (χ0n) is 20.8. The van der Waals surface area contributed by atoms with Gasteiger partial charge in [-0.1, -0.05) is 6.42 Å². The fourth-order valence-electron chi connectivity index (χ4n) is 5.62. The summed E-state index contributed by atoms with van der Waals surface area (Å²) in [5.74, 6) is 0.153. The van der Waals surface area contributed by atoms with E-state index >= 15 is 4.39 Å². The number of aryl methyl sites for hydroxylation is 1. The van der Waals surface area contributed by atoms with Crippen LogP contribution in [0, 0.1) is 5.82 Å². The minimum atomic E-state index is -0.381. The maximum Gasteiger partial charge on any atom is 0.329 e. The number of hydrogen-bond acceptors (Lipinski definition) is 6. The van der Waals surface area contributed by atoms with Crippen LogP contribution in [-0.4, -0.2) is 56.8 Å². The highest BCUT2D eigenvalue weighted by Crippen LogP contribution is 2.41. The molecule has 1 saturated heterocycles. The number of ether oxygens (including phenoxy) is 1. The quantitative estimate of drug-likeness (QED) is 0.406. The van der Waals surface area contributed by atoms with Gasteiger partial charge in [-0.25, -0.2) is 14.2 Å². The average Bonchev–Trinajstić information content (AvgIpc) is 3.05. The molecule has 0 radical (unpaired) electrons. The van der Waals surface area contributed by atoms with Gasteiger partial charge in [0.05, 0.1) is 46.5 Å². The first-order valence-corrected chi connectivity index (χ1v) is 12.8. The Morgan fingerprint density at radius 1 is 1.17 bits per heavy atom. The average molecular weight is 491 g/mol. The van der Waals surface area contributed by atoms with Crippen molar-refractivity contribution in [3.63, 3.8) is 0 Å². The molecule has 36 heavy (non-hydrogen) atoms. The molecule has 1 aromatic carbocycles. The lowest BCUT2D eigenvalue weighted by Gasteiger charge is -2.26. The number of benzene rings is 1. The number of pyridine rings is 2. The summed E-state index contributed by atoms with van der Waals surface area (Å²) in [6.45, 7) is 6.49. The molecule has 0 saturated carbocycles. The summed E-state index contributed by atoms with van der Waals surface area (Å²) >= 11 is 0. The van der Waals surface area contributed by atoms with E-state index in [-0.39, 0.29) is 17.5 Å². The Balaban J connectivity index is 1.32. The maximum absolute atomic E-state index is 15.5. The number of anilines is 1. The second-order valence-corrected chi connectivity index (χ2v) is 9.93. The van der Waals surface area contributed by atoms with E-state index in [1.165, 1.54) is 38.4 Å². The molecule has 2 aliphatic heterocycles. The van der Waals surface area contributed by atoms with Crippen LogP contribution in [-0.2, 0) is 7.05 Å². The second kappa shape index (κ2) is 9.20. The van der Waals surface area contributed by atoms with E-state index in [4.69, 9.17) is 4.74 Å². The first-order chi connectivity index (χ1) is 17.5. The Labute approximate surface area is 208 Å². The molecule has 3 aromatic heterocycles. The van der Waals surface area contributed by atoms with Crippen LogP contribution in [0.15, 0.2) is 35.4 Å². The van der Waals surface area contributed by atoms with Gasteiger partial charge in [-0.3, -0.25) is 14.1 Å². The van der Waals surface area contributed by atoms with Crippen molar-refractivity contribution in [3.8, 4) is 17.0 Å². The molecule has 1 unspecified atom stereocenters. The lowest BCUT2D eigenvalue weighted by atomic mass is 10.00. The number of likely N-dealkylation sites (tertiary alicyclic amines) is 1. The number of rotatable bonds is 6. The zero-order chi connectivity index (χ0) is 24.8. The van der Waals surface area contributed by atoms with Gasteiger partial charge in [0, 0.05) is 49.6 Å². The van der Waals surface area contributed by atoms with Gasteiger partial charge in [-0.05, 0) is 45.3 Å². The number of halogens is 1. The molecule has 2 aliphatic rings. The van der Waals surface area contributed by atoms with Crippen molar-refractivity contribution in [3.05, 3.63) is 46.9 Å². The van der Waals surface area contributed by atoms with Crippen LogP contribution in [0.25, 0.3) is 33.1 Å². The highest BCUT2D eigenvalue weighted by Gasteiger charge is 2.27. The number of nitrogens with zero attached hydrogens (tertiary/aromatic N) is 5. The molecule has 0 amide bonds. The minimum absolute atomic E-state index is 0.101. The number of imidazole rings is 1. The van der Waals surface area contributed by atoms with Crippen molar-refractivity contribution in [2.75, 3.05) is 38.1 Å². The molecule has 6 rings (SSSR count). The normalized spacial score (nSPS) is 18.0. The number of hydrogen-bond donors (Lipinski definition) is 1. The van der Waals surface area contributed by atoms with Crippen LogP contribution >= 0.6 is 0 Å². The van der Waals surface area contributed by atoms with Crippen molar-refractivity contribution in [2.45, 2.75) is 38.6 Å². The van der Waals surface area contributed by atoms with Gasteiger partial charge in [0.15, 0.2) is 0 Å². The summed E-state index contributed by atoms with van der Waals surface area (Å²) < 4.78 is 24.7. The van der Waals surface area contributed by atoms with E-state index in [9.17, 15) is 4.79 Å². The lowest BCUT2D eigenvalue weighted by Crippen LogP contribution is -2.31.